The molecule has 1 aromatic carbocycles. The first-order valence-corrected chi connectivity index (χ1v) is 13.4. The molecule has 0 spiro atoms. The van der Waals surface area contributed by atoms with E-state index in [1.807, 2.05) is 31.4 Å². The van der Waals surface area contributed by atoms with E-state index in [4.69, 9.17) is 0 Å². The van der Waals surface area contributed by atoms with Gasteiger partial charge in [0.1, 0.15) is 0 Å². The Morgan fingerprint density at radius 1 is 1.00 bits per heavy atom. The zero-order valence-corrected chi connectivity index (χ0v) is 21.5. The summed E-state index contributed by atoms with van der Waals surface area (Å²) in [6, 6.07) is 5.83. The minimum absolute atomic E-state index is 0.0222. The molecule has 0 atom stereocenters. The van der Waals surface area contributed by atoms with Crippen LogP contribution in [0.4, 0.5) is 0 Å². The van der Waals surface area contributed by atoms with Crippen molar-refractivity contribution >= 4 is 21.4 Å². The highest BCUT2D eigenvalue weighted by atomic mass is 32.2. The van der Waals surface area contributed by atoms with Crippen molar-refractivity contribution in [2.45, 2.75) is 51.5 Å². The van der Waals surface area contributed by atoms with Crippen LogP contribution in [0.1, 0.15) is 43.2 Å². The molecule has 0 saturated carbocycles. The normalized spacial score (nSPS) is 16.3. The molecule has 4 rings (SSSR count). The molecule has 0 aliphatic carbocycles. The van der Waals surface area contributed by atoms with Gasteiger partial charge in [-0.15, -0.1) is 11.3 Å². The van der Waals surface area contributed by atoms with Gasteiger partial charge in [0.05, 0.1) is 10.6 Å². The summed E-state index contributed by atoms with van der Waals surface area (Å²) in [4.78, 5) is 15.9. The third kappa shape index (κ3) is 5.16. The number of rotatable bonds is 5. The van der Waals surface area contributed by atoms with Crippen LogP contribution in [0.5, 0.6) is 0 Å². The molecule has 3 heterocycles. The van der Waals surface area contributed by atoms with E-state index in [1.165, 1.54) is 11.3 Å². The Balaban J connectivity index is 1.43. The molecular weight excluding hydrogens is 454 g/mol. The lowest BCUT2D eigenvalue weighted by atomic mass is 9.85. The van der Waals surface area contributed by atoms with E-state index in [1.54, 1.807) is 22.8 Å². The summed E-state index contributed by atoms with van der Waals surface area (Å²) < 4.78 is 28.6. The number of benzene rings is 1. The van der Waals surface area contributed by atoms with Gasteiger partial charge in [-0.25, -0.2) is 23.4 Å². The number of sulfonamides is 1. The number of aryl methyl sites for hydroxylation is 2. The minimum atomic E-state index is -3.54. The minimum Gasteiger partial charge on any atom is -0.295 e. The van der Waals surface area contributed by atoms with Gasteiger partial charge < -0.3 is 0 Å². The first kappa shape index (κ1) is 23.9. The Bertz CT molecular complexity index is 1200. The number of thiazole rings is 1. The number of nitrogens with zero attached hydrogens (tertiary/aromatic N) is 5. The van der Waals surface area contributed by atoms with Gasteiger partial charge in [-0.05, 0) is 42.0 Å². The van der Waals surface area contributed by atoms with Crippen LogP contribution >= 0.6 is 11.3 Å². The first-order chi connectivity index (χ1) is 15.6. The van der Waals surface area contributed by atoms with Gasteiger partial charge in [0.2, 0.25) is 10.0 Å². The molecule has 9 heteroatoms. The molecular formula is C24H31N5O2S2. The van der Waals surface area contributed by atoms with E-state index in [0.29, 0.717) is 43.4 Å². The van der Waals surface area contributed by atoms with Gasteiger partial charge in [0, 0.05) is 50.5 Å². The zero-order valence-electron chi connectivity index (χ0n) is 19.9. The molecule has 2 aromatic heterocycles. The van der Waals surface area contributed by atoms with Crippen LogP contribution in [0.2, 0.25) is 0 Å². The van der Waals surface area contributed by atoms with E-state index >= 15 is 0 Å². The Morgan fingerprint density at radius 3 is 2.18 bits per heavy atom. The van der Waals surface area contributed by atoms with Crippen molar-refractivity contribution in [2.75, 3.05) is 26.2 Å². The summed E-state index contributed by atoms with van der Waals surface area (Å²) in [5.74, 6) is 0.632. The quantitative estimate of drug-likeness (QED) is 0.543. The average Bonchev–Trinajstić information content (AvgIpc) is 3.22. The highest BCUT2D eigenvalue weighted by molar-refractivity contribution is 7.89. The molecule has 33 heavy (non-hydrogen) atoms. The van der Waals surface area contributed by atoms with Crippen LogP contribution in [0.3, 0.4) is 0 Å². The Kier molecular flexibility index (Phi) is 6.68. The fraction of sp³-hybridized carbons (Fsp3) is 0.458. The molecule has 176 valence electrons. The molecule has 1 fully saturated rings. The molecule has 7 nitrogen and oxygen atoms in total. The highest BCUT2D eigenvalue weighted by Gasteiger charge is 2.32. The van der Waals surface area contributed by atoms with Crippen LogP contribution in [-0.4, -0.2) is 58.8 Å². The van der Waals surface area contributed by atoms with Crippen LogP contribution in [0.25, 0.3) is 10.8 Å². The van der Waals surface area contributed by atoms with Gasteiger partial charge in [0.25, 0.3) is 0 Å². The second kappa shape index (κ2) is 9.21. The van der Waals surface area contributed by atoms with E-state index in [0.717, 1.165) is 27.4 Å². The highest BCUT2D eigenvalue weighted by Crippen LogP contribution is 2.31. The fourth-order valence-corrected chi connectivity index (χ4v) is 6.76. The van der Waals surface area contributed by atoms with Gasteiger partial charge in [0.15, 0.2) is 10.8 Å². The Labute approximate surface area is 200 Å². The summed E-state index contributed by atoms with van der Waals surface area (Å²) in [5.41, 5.74) is 3.74. The lowest BCUT2D eigenvalue weighted by Gasteiger charge is -2.34. The van der Waals surface area contributed by atoms with Crippen LogP contribution in [0.15, 0.2) is 40.9 Å². The Hall–Kier alpha value is -2.20. The van der Waals surface area contributed by atoms with Gasteiger partial charge in [-0.1, -0.05) is 32.9 Å². The standard InChI is InChI=1S/C24H31N5O2S2/c1-17-13-19(24(3,4)5)14-18(2)21(17)33(30,31)29-11-9-28(10-12-29)15-20-16-32-23(27-20)22-25-7-6-8-26-22/h6-8,13-14,16H,9-12,15H2,1-5H3. The molecule has 0 unspecified atom stereocenters. The maximum Gasteiger partial charge on any atom is 0.243 e. The summed E-state index contributed by atoms with van der Waals surface area (Å²) >= 11 is 1.53. The second-order valence-corrected chi connectivity index (χ2v) is 12.3. The fourth-order valence-electron chi connectivity index (χ4n) is 4.17. The van der Waals surface area contributed by atoms with E-state index < -0.39 is 10.0 Å². The summed E-state index contributed by atoms with van der Waals surface area (Å²) in [5, 5.41) is 2.83. The largest absolute Gasteiger partial charge is 0.295 e. The SMILES string of the molecule is Cc1cc(C(C)(C)C)cc(C)c1S(=O)(=O)N1CCN(Cc2csc(-c3ncccn3)n2)CC1. The smallest absolute Gasteiger partial charge is 0.243 e. The number of aromatic nitrogens is 3. The van der Waals surface area contributed by atoms with Crippen molar-refractivity contribution in [2.24, 2.45) is 0 Å². The average molecular weight is 486 g/mol. The van der Waals surface area contributed by atoms with E-state index in [9.17, 15) is 8.42 Å². The zero-order chi connectivity index (χ0) is 23.8. The Morgan fingerprint density at radius 2 is 1.61 bits per heavy atom. The van der Waals surface area contributed by atoms with Crippen molar-refractivity contribution in [1.82, 2.24) is 24.2 Å². The van der Waals surface area contributed by atoms with Crippen LogP contribution in [0, 0.1) is 13.8 Å². The molecule has 1 saturated heterocycles. The van der Waals surface area contributed by atoms with Crippen molar-refractivity contribution in [3.05, 3.63) is 58.4 Å². The van der Waals surface area contributed by atoms with Crippen molar-refractivity contribution in [1.29, 1.82) is 0 Å². The predicted octanol–water partition coefficient (Wildman–Crippen LogP) is 4.02. The molecule has 0 amide bonds. The molecule has 1 aliphatic rings. The number of hydrogen-bond donors (Lipinski definition) is 0. The molecule has 1 aliphatic heterocycles. The van der Waals surface area contributed by atoms with Gasteiger partial charge >= 0.3 is 0 Å². The summed E-state index contributed by atoms with van der Waals surface area (Å²) in [6.45, 7) is 13.2. The summed E-state index contributed by atoms with van der Waals surface area (Å²) in [7, 11) is -3.54. The third-order valence-electron chi connectivity index (χ3n) is 5.95. The third-order valence-corrected chi connectivity index (χ3v) is 9.04. The topological polar surface area (TPSA) is 79.3 Å². The molecule has 0 N–H and O–H groups in total. The molecule has 0 radical (unpaired) electrons. The van der Waals surface area contributed by atoms with Gasteiger partial charge in [-0.3, -0.25) is 4.90 Å². The van der Waals surface area contributed by atoms with Crippen molar-refractivity contribution in [3.63, 3.8) is 0 Å². The maximum absolute atomic E-state index is 13.5. The first-order valence-electron chi connectivity index (χ1n) is 11.1. The molecule has 0 bridgehead atoms. The van der Waals surface area contributed by atoms with E-state index in [2.05, 4.69) is 40.6 Å². The van der Waals surface area contributed by atoms with Gasteiger partial charge in [-0.2, -0.15) is 4.31 Å². The predicted molar refractivity (Wildman–Crippen MR) is 132 cm³/mol. The number of hydrogen-bond acceptors (Lipinski definition) is 7. The van der Waals surface area contributed by atoms with E-state index in [-0.39, 0.29) is 5.41 Å². The second-order valence-electron chi connectivity index (χ2n) is 9.59. The lowest BCUT2D eigenvalue weighted by Crippen LogP contribution is -2.48. The lowest BCUT2D eigenvalue weighted by molar-refractivity contribution is 0.180. The van der Waals surface area contributed by atoms with Crippen molar-refractivity contribution < 1.29 is 8.42 Å². The number of piperazine rings is 1. The summed E-state index contributed by atoms with van der Waals surface area (Å²) in [6.07, 6.45) is 3.42. The molecule has 3 aromatic rings. The van der Waals surface area contributed by atoms with Crippen molar-refractivity contribution in [3.8, 4) is 10.8 Å². The van der Waals surface area contributed by atoms with Crippen LogP contribution in [-0.2, 0) is 22.0 Å². The van der Waals surface area contributed by atoms with Crippen LogP contribution < -0.4 is 0 Å². The monoisotopic (exact) mass is 485 g/mol. The maximum atomic E-state index is 13.5.